The molecule has 0 aliphatic rings. The number of carbonyl (C=O) groups is 1. The molecule has 0 saturated heterocycles. The second kappa shape index (κ2) is 8.66. The number of ether oxygens (including phenoxy) is 1. The van der Waals surface area contributed by atoms with Gasteiger partial charge in [-0.15, -0.1) is 0 Å². The van der Waals surface area contributed by atoms with E-state index in [1.807, 2.05) is 69.3 Å². The first-order valence-corrected chi connectivity index (χ1v) is 10.3. The number of carbonyl (C=O) groups excluding carboxylic acids is 1. The third-order valence-electron chi connectivity index (χ3n) is 5.41. The molecule has 8 heteroatoms. The van der Waals surface area contributed by atoms with Gasteiger partial charge >= 0.3 is 0 Å². The van der Waals surface area contributed by atoms with Gasteiger partial charge in [-0.3, -0.25) is 9.59 Å². The van der Waals surface area contributed by atoms with E-state index in [-0.39, 0.29) is 18.0 Å². The fourth-order valence-electron chi connectivity index (χ4n) is 3.66. The largest absolute Gasteiger partial charge is 0.497 e. The van der Waals surface area contributed by atoms with Crippen LogP contribution >= 0.6 is 0 Å². The van der Waals surface area contributed by atoms with E-state index < -0.39 is 0 Å². The van der Waals surface area contributed by atoms with Gasteiger partial charge in [-0.2, -0.15) is 10.2 Å². The van der Waals surface area contributed by atoms with Gasteiger partial charge in [-0.1, -0.05) is 29.8 Å². The average Bonchev–Trinajstić information content (AvgIpc) is 3.14. The van der Waals surface area contributed by atoms with Crippen LogP contribution in [0, 0.1) is 20.8 Å². The minimum absolute atomic E-state index is 0.178. The van der Waals surface area contributed by atoms with Crippen LogP contribution in [-0.4, -0.2) is 32.6 Å². The Bertz CT molecular complexity index is 1340. The molecular weight excluding hydrogens is 406 g/mol. The molecule has 4 rings (SSSR count). The number of methoxy groups -OCH3 is 1. The Morgan fingerprint density at radius 3 is 2.34 bits per heavy atom. The van der Waals surface area contributed by atoms with Crippen LogP contribution in [0.3, 0.4) is 0 Å². The zero-order valence-electron chi connectivity index (χ0n) is 18.5. The molecule has 1 N–H and O–H groups in total. The minimum atomic E-state index is -0.390. The fraction of sp³-hybridized carbons (Fsp3) is 0.250. The topological polar surface area (TPSA) is 91.0 Å². The zero-order valence-corrected chi connectivity index (χ0v) is 18.5. The normalized spacial score (nSPS) is 11.0. The van der Waals surface area contributed by atoms with Crippen LogP contribution in [0.4, 0.5) is 0 Å². The molecule has 0 radical (unpaired) electrons. The van der Waals surface area contributed by atoms with Gasteiger partial charge in [0.2, 0.25) is 5.91 Å². The molecule has 0 fully saturated rings. The van der Waals surface area contributed by atoms with Crippen LogP contribution in [0.5, 0.6) is 5.75 Å². The summed E-state index contributed by atoms with van der Waals surface area (Å²) in [7, 11) is 1.60. The maximum absolute atomic E-state index is 13.0. The maximum atomic E-state index is 13.0. The molecule has 0 spiro atoms. The van der Waals surface area contributed by atoms with Crippen molar-refractivity contribution in [2.24, 2.45) is 0 Å². The standard InChI is InChI=1S/C24H25N5O3/c1-15-5-9-19(10-6-15)29-17(3)22-16(2)26-28(24(31)23(22)27-29)14-21(30)25-13-18-7-11-20(32-4)12-8-18/h5-12H,13-14H2,1-4H3,(H,25,30). The monoisotopic (exact) mass is 431 g/mol. The number of benzene rings is 2. The van der Waals surface area contributed by atoms with Gasteiger partial charge in [0.25, 0.3) is 5.56 Å². The first kappa shape index (κ1) is 21.3. The molecule has 4 aromatic rings. The van der Waals surface area contributed by atoms with E-state index in [2.05, 4.69) is 15.5 Å². The highest BCUT2D eigenvalue weighted by Gasteiger charge is 2.18. The van der Waals surface area contributed by atoms with Gasteiger partial charge in [0.15, 0.2) is 5.52 Å². The number of hydrogen-bond donors (Lipinski definition) is 1. The molecule has 0 aliphatic carbocycles. The van der Waals surface area contributed by atoms with Crippen molar-refractivity contribution in [1.29, 1.82) is 0 Å². The van der Waals surface area contributed by atoms with Gasteiger partial charge < -0.3 is 10.1 Å². The SMILES string of the molecule is COc1ccc(CNC(=O)Cn2nc(C)c3c(C)n(-c4ccc(C)cc4)nc3c2=O)cc1. The smallest absolute Gasteiger partial charge is 0.295 e. The van der Waals surface area contributed by atoms with Crippen LogP contribution < -0.4 is 15.6 Å². The van der Waals surface area contributed by atoms with Crippen molar-refractivity contribution in [3.63, 3.8) is 0 Å². The number of nitrogens with one attached hydrogen (secondary N) is 1. The molecule has 164 valence electrons. The molecular formula is C24H25N5O3. The third kappa shape index (κ3) is 4.12. The van der Waals surface area contributed by atoms with Crippen molar-refractivity contribution in [3.8, 4) is 11.4 Å². The lowest BCUT2D eigenvalue weighted by Crippen LogP contribution is -2.34. The Morgan fingerprint density at radius 1 is 1.00 bits per heavy atom. The molecule has 0 bridgehead atoms. The molecule has 0 saturated carbocycles. The van der Waals surface area contributed by atoms with E-state index in [1.54, 1.807) is 11.8 Å². The molecule has 0 atom stereocenters. The van der Waals surface area contributed by atoms with E-state index in [0.29, 0.717) is 23.1 Å². The van der Waals surface area contributed by atoms with Crippen molar-refractivity contribution in [1.82, 2.24) is 24.9 Å². The van der Waals surface area contributed by atoms with E-state index >= 15 is 0 Å². The Hall–Kier alpha value is -3.94. The highest BCUT2D eigenvalue weighted by Crippen LogP contribution is 2.21. The second-order valence-electron chi connectivity index (χ2n) is 7.73. The summed E-state index contributed by atoms with van der Waals surface area (Å²) in [5.74, 6) is 0.448. The number of rotatable bonds is 6. The molecule has 0 unspecified atom stereocenters. The average molecular weight is 431 g/mol. The summed E-state index contributed by atoms with van der Waals surface area (Å²) in [5.41, 5.74) is 4.34. The maximum Gasteiger partial charge on any atom is 0.295 e. The fourth-order valence-corrected chi connectivity index (χ4v) is 3.66. The van der Waals surface area contributed by atoms with Gasteiger partial charge in [0, 0.05) is 6.54 Å². The Morgan fingerprint density at radius 2 is 1.69 bits per heavy atom. The van der Waals surface area contributed by atoms with Crippen molar-refractivity contribution >= 4 is 16.8 Å². The lowest BCUT2D eigenvalue weighted by molar-refractivity contribution is -0.122. The summed E-state index contributed by atoms with van der Waals surface area (Å²) >= 11 is 0. The number of hydrogen-bond acceptors (Lipinski definition) is 5. The predicted octanol–water partition coefficient (Wildman–Crippen LogP) is 2.83. The minimum Gasteiger partial charge on any atom is -0.497 e. The predicted molar refractivity (Wildman–Crippen MR) is 122 cm³/mol. The number of aryl methyl sites for hydroxylation is 3. The van der Waals surface area contributed by atoms with E-state index in [0.717, 1.165) is 28.3 Å². The summed E-state index contributed by atoms with van der Waals surface area (Å²) in [5, 5.41) is 12.5. The van der Waals surface area contributed by atoms with Crippen LogP contribution in [0.1, 0.15) is 22.5 Å². The van der Waals surface area contributed by atoms with Gasteiger partial charge in [0.05, 0.1) is 29.6 Å². The molecule has 0 aliphatic heterocycles. The first-order valence-electron chi connectivity index (χ1n) is 10.3. The van der Waals surface area contributed by atoms with Crippen molar-refractivity contribution in [2.75, 3.05) is 7.11 Å². The van der Waals surface area contributed by atoms with E-state index in [1.165, 1.54) is 4.68 Å². The molecule has 32 heavy (non-hydrogen) atoms. The summed E-state index contributed by atoms with van der Waals surface area (Å²) in [4.78, 5) is 25.5. The summed E-state index contributed by atoms with van der Waals surface area (Å²) in [6.07, 6.45) is 0. The molecule has 2 heterocycles. The van der Waals surface area contributed by atoms with Crippen molar-refractivity contribution in [2.45, 2.75) is 33.9 Å². The number of fused-ring (bicyclic) bond motifs is 1. The Balaban J connectivity index is 1.57. The summed E-state index contributed by atoms with van der Waals surface area (Å²) in [6, 6.07) is 15.3. The summed E-state index contributed by atoms with van der Waals surface area (Å²) in [6.45, 7) is 5.92. The summed E-state index contributed by atoms with van der Waals surface area (Å²) < 4.78 is 8.05. The highest BCUT2D eigenvalue weighted by atomic mass is 16.5. The zero-order chi connectivity index (χ0) is 22.8. The van der Waals surface area contributed by atoms with Crippen molar-refractivity contribution in [3.05, 3.63) is 81.4 Å². The van der Waals surface area contributed by atoms with Crippen LogP contribution in [0.25, 0.3) is 16.6 Å². The second-order valence-corrected chi connectivity index (χ2v) is 7.73. The van der Waals surface area contributed by atoms with E-state index in [4.69, 9.17) is 4.74 Å². The lowest BCUT2D eigenvalue weighted by Gasteiger charge is -2.08. The number of nitrogens with zero attached hydrogens (tertiary/aromatic N) is 4. The van der Waals surface area contributed by atoms with Crippen molar-refractivity contribution < 1.29 is 9.53 Å². The molecule has 2 aromatic carbocycles. The van der Waals surface area contributed by atoms with E-state index in [9.17, 15) is 9.59 Å². The molecule has 8 nitrogen and oxygen atoms in total. The quantitative estimate of drug-likeness (QED) is 0.507. The lowest BCUT2D eigenvalue weighted by atomic mass is 10.2. The number of aromatic nitrogens is 4. The number of amides is 1. The molecule has 2 aromatic heterocycles. The van der Waals surface area contributed by atoms with Gasteiger partial charge in [-0.25, -0.2) is 9.36 Å². The highest BCUT2D eigenvalue weighted by molar-refractivity contribution is 5.83. The Kier molecular flexibility index (Phi) is 5.77. The van der Waals surface area contributed by atoms with Crippen LogP contribution in [-0.2, 0) is 17.9 Å². The van der Waals surface area contributed by atoms with Gasteiger partial charge in [-0.05, 0) is 50.6 Å². The molecule has 1 amide bonds. The van der Waals surface area contributed by atoms with Crippen LogP contribution in [0.15, 0.2) is 53.3 Å². The van der Waals surface area contributed by atoms with Gasteiger partial charge in [0.1, 0.15) is 12.3 Å². The first-order chi connectivity index (χ1) is 15.4. The third-order valence-corrected chi connectivity index (χ3v) is 5.41. The Labute approximate surface area is 185 Å². The van der Waals surface area contributed by atoms with Crippen LogP contribution in [0.2, 0.25) is 0 Å².